The lowest BCUT2D eigenvalue weighted by Gasteiger charge is -2.16. The smallest absolute Gasteiger partial charge is 0.0282 e. The molecule has 0 bridgehead atoms. The molecule has 0 aromatic rings. The van der Waals surface area contributed by atoms with E-state index in [0.717, 1.165) is 5.92 Å². The van der Waals surface area contributed by atoms with Crippen molar-refractivity contribution in [1.29, 1.82) is 0 Å². The van der Waals surface area contributed by atoms with Crippen LogP contribution < -0.4 is 5.73 Å². The Hall–Kier alpha value is -0.300. The highest BCUT2D eigenvalue weighted by atomic mass is 14.7. The molecule has 0 spiro atoms. The van der Waals surface area contributed by atoms with Crippen molar-refractivity contribution < 1.29 is 0 Å². The Bertz CT molecular complexity index is 134. The topological polar surface area (TPSA) is 26.0 Å². The van der Waals surface area contributed by atoms with Crippen LogP contribution in [0.3, 0.4) is 0 Å². The van der Waals surface area contributed by atoms with Crippen LogP contribution >= 0.6 is 0 Å². The van der Waals surface area contributed by atoms with Crippen LogP contribution in [0, 0.1) is 11.8 Å². The van der Waals surface area contributed by atoms with E-state index in [-0.39, 0.29) is 6.04 Å². The Morgan fingerprint density at radius 1 is 1.50 bits per heavy atom. The van der Waals surface area contributed by atoms with Crippen LogP contribution in [0.1, 0.15) is 26.7 Å². The maximum atomic E-state index is 5.92. The van der Waals surface area contributed by atoms with Crippen LogP contribution in [0.4, 0.5) is 0 Å². The Kier molecular flexibility index (Phi) is 2.14. The molecule has 1 rings (SSSR count). The van der Waals surface area contributed by atoms with Crippen molar-refractivity contribution in [2.45, 2.75) is 32.7 Å². The van der Waals surface area contributed by atoms with Gasteiger partial charge in [-0.15, -0.1) is 0 Å². The third-order valence-electron chi connectivity index (χ3n) is 2.30. The minimum Gasteiger partial charge on any atom is -0.324 e. The summed E-state index contributed by atoms with van der Waals surface area (Å²) in [5.41, 5.74) is 7.15. The summed E-state index contributed by atoms with van der Waals surface area (Å²) in [6.45, 7) is 8.30. The summed E-state index contributed by atoms with van der Waals surface area (Å²) in [6.07, 6.45) is 2.62. The quantitative estimate of drug-likeness (QED) is 0.594. The van der Waals surface area contributed by atoms with Gasteiger partial charge in [-0.1, -0.05) is 26.0 Å². The summed E-state index contributed by atoms with van der Waals surface area (Å²) < 4.78 is 0. The summed E-state index contributed by atoms with van der Waals surface area (Å²) in [4.78, 5) is 0. The minimum absolute atomic E-state index is 0.278. The van der Waals surface area contributed by atoms with Gasteiger partial charge < -0.3 is 5.73 Å². The van der Waals surface area contributed by atoms with Crippen molar-refractivity contribution in [3.8, 4) is 0 Å². The van der Waals surface area contributed by atoms with Gasteiger partial charge in [0.25, 0.3) is 0 Å². The van der Waals surface area contributed by atoms with Gasteiger partial charge in [0.1, 0.15) is 0 Å². The van der Waals surface area contributed by atoms with E-state index in [0.29, 0.717) is 5.92 Å². The number of hydrogen-bond donors (Lipinski definition) is 1. The highest BCUT2D eigenvalue weighted by Crippen LogP contribution is 2.35. The molecule has 0 amide bonds. The van der Waals surface area contributed by atoms with Gasteiger partial charge in [0.2, 0.25) is 0 Å². The van der Waals surface area contributed by atoms with Crippen molar-refractivity contribution in [3.63, 3.8) is 0 Å². The molecule has 1 nitrogen and oxygen atoms in total. The first kappa shape index (κ1) is 7.80. The second-order valence-electron chi connectivity index (χ2n) is 3.59. The molecule has 10 heavy (non-hydrogen) atoms. The lowest BCUT2D eigenvalue weighted by Crippen LogP contribution is -2.26. The van der Waals surface area contributed by atoms with E-state index >= 15 is 0 Å². The normalized spacial score (nSPS) is 21.2. The van der Waals surface area contributed by atoms with Crippen LogP contribution in [-0.4, -0.2) is 6.04 Å². The first-order valence-electron chi connectivity index (χ1n) is 4.07. The molecule has 0 heterocycles. The predicted octanol–water partition coefficient (Wildman–Crippen LogP) is 1.94. The molecule has 0 unspecified atom stereocenters. The lowest BCUT2D eigenvalue weighted by atomic mass is 9.95. The molecule has 58 valence electrons. The van der Waals surface area contributed by atoms with Gasteiger partial charge in [-0.3, -0.25) is 0 Å². The van der Waals surface area contributed by atoms with E-state index in [1.54, 1.807) is 0 Å². The summed E-state index contributed by atoms with van der Waals surface area (Å²) in [5.74, 6) is 1.31. The predicted molar refractivity (Wildman–Crippen MR) is 44.7 cm³/mol. The van der Waals surface area contributed by atoms with Crippen LogP contribution in [0.25, 0.3) is 0 Å². The van der Waals surface area contributed by atoms with Gasteiger partial charge in [0.15, 0.2) is 0 Å². The fourth-order valence-corrected chi connectivity index (χ4v) is 1.14. The van der Waals surface area contributed by atoms with Gasteiger partial charge in [-0.2, -0.15) is 0 Å². The molecular formula is C9H17N. The molecule has 0 saturated heterocycles. The molecule has 1 fully saturated rings. The second kappa shape index (κ2) is 2.75. The van der Waals surface area contributed by atoms with E-state index in [1.165, 1.54) is 18.4 Å². The number of nitrogens with two attached hydrogens (primary N) is 1. The largest absolute Gasteiger partial charge is 0.324 e. The zero-order valence-electron chi connectivity index (χ0n) is 6.93. The van der Waals surface area contributed by atoms with Gasteiger partial charge in [-0.05, 0) is 24.7 Å². The molecule has 1 aliphatic rings. The van der Waals surface area contributed by atoms with Crippen LogP contribution in [0.5, 0.6) is 0 Å². The van der Waals surface area contributed by atoms with E-state index in [9.17, 15) is 0 Å². The highest BCUT2D eigenvalue weighted by Gasteiger charge is 2.30. The average molecular weight is 139 g/mol. The Morgan fingerprint density at radius 3 is 2.30 bits per heavy atom. The summed E-state index contributed by atoms with van der Waals surface area (Å²) >= 11 is 0. The Labute approximate surface area is 63.3 Å². The van der Waals surface area contributed by atoms with Gasteiger partial charge >= 0.3 is 0 Å². The van der Waals surface area contributed by atoms with Crippen molar-refractivity contribution in [3.05, 3.63) is 12.2 Å². The maximum Gasteiger partial charge on any atom is 0.0282 e. The van der Waals surface area contributed by atoms with E-state index in [1.807, 2.05) is 0 Å². The highest BCUT2D eigenvalue weighted by molar-refractivity contribution is 5.11. The average Bonchev–Trinajstić information content (AvgIpc) is 2.65. The van der Waals surface area contributed by atoms with Crippen molar-refractivity contribution >= 4 is 0 Å². The van der Waals surface area contributed by atoms with Gasteiger partial charge in [0, 0.05) is 6.04 Å². The fraction of sp³-hybridized carbons (Fsp3) is 0.778. The molecule has 0 aromatic carbocycles. The molecule has 0 radical (unpaired) electrons. The molecule has 0 aliphatic heterocycles. The minimum atomic E-state index is 0.278. The Balaban J connectivity index is 2.38. The molecule has 2 N–H and O–H groups in total. The summed E-state index contributed by atoms with van der Waals surface area (Å²) in [7, 11) is 0. The van der Waals surface area contributed by atoms with E-state index in [2.05, 4.69) is 20.4 Å². The van der Waals surface area contributed by atoms with Gasteiger partial charge in [0.05, 0.1) is 0 Å². The van der Waals surface area contributed by atoms with Crippen molar-refractivity contribution in [1.82, 2.24) is 0 Å². The molecule has 1 heteroatoms. The van der Waals surface area contributed by atoms with Crippen LogP contribution in [-0.2, 0) is 0 Å². The second-order valence-corrected chi connectivity index (χ2v) is 3.59. The molecule has 1 aliphatic carbocycles. The van der Waals surface area contributed by atoms with E-state index in [4.69, 9.17) is 5.73 Å². The zero-order chi connectivity index (χ0) is 7.72. The summed E-state index contributed by atoms with van der Waals surface area (Å²) in [6, 6.07) is 0.278. The summed E-state index contributed by atoms with van der Waals surface area (Å²) in [5, 5.41) is 0. The van der Waals surface area contributed by atoms with Crippen molar-refractivity contribution in [2.75, 3.05) is 0 Å². The third-order valence-corrected chi connectivity index (χ3v) is 2.30. The van der Waals surface area contributed by atoms with E-state index < -0.39 is 0 Å². The van der Waals surface area contributed by atoms with Crippen molar-refractivity contribution in [2.24, 2.45) is 17.6 Å². The standard InChI is InChI=1S/C9H17N/c1-6(2)7(3)9(10)8-4-5-8/h6,8-9H,3-5,10H2,1-2H3/t9-/m0/s1. The SMILES string of the molecule is C=C(C(C)C)[C@H](N)C1CC1. The maximum absolute atomic E-state index is 5.92. The van der Waals surface area contributed by atoms with Crippen LogP contribution in [0.15, 0.2) is 12.2 Å². The van der Waals surface area contributed by atoms with Gasteiger partial charge in [-0.25, -0.2) is 0 Å². The zero-order valence-corrected chi connectivity index (χ0v) is 6.93. The number of hydrogen-bond acceptors (Lipinski definition) is 1. The lowest BCUT2D eigenvalue weighted by molar-refractivity contribution is 0.594. The third kappa shape index (κ3) is 1.60. The molecule has 0 aromatic heterocycles. The van der Waals surface area contributed by atoms with Crippen LogP contribution in [0.2, 0.25) is 0 Å². The Morgan fingerprint density at radius 2 is 2.00 bits per heavy atom. The first-order chi connectivity index (χ1) is 4.63. The fourth-order valence-electron chi connectivity index (χ4n) is 1.14. The molecular weight excluding hydrogens is 122 g/mol. The number of rotatable bonds is 3. The molecule has 1 atom stereocenters. The molecule has 1 saturated carbocycles. The first-order valence-corrected chi connectivity index (χ1v) is 4.07. The monoisotopic (exact) mass is 139 g/mol.